The molecule has 0 N–H and O–H groups in total. The van der Waals surface area contributed by atoms with Crippen molar-refractivity contribution < 1.29 is 31.3 Å². The van der Waals surface area contributed by atoms with E-state index in [1.165, 1.54) is 13.4 Å². The van der Waals surface area contributed by atoms with Gasteiger partial charge in [-0.3, -0.25) is 0 Å². The Balaban J connectivity index is 1.65. The molecule has 212 valence electrons. The molecule has 0 aliphatic carbocycles. The maximum atomic E-state index is 15.4. The van der Waals surface area contributed by atoms with Gasteiger partial charge in [0.1, 0.15) is 0 Å². The van der Waals surface area contributed by atoms with Gasteiger partial charge in [0, 0.05) is 0 Å². The van der Waals surface area contributed by atoms with Crippen LogP contribution >= 0.6 is 0 Å². The van der Waals surface area contributed by atoms with Crippen LogP contribution in [0.25, 0.3) is 22.2 Å². The first-order chi connectivity index (χ1) is 20.9. The first kappa shape index (κ1) is 23.8. The molecule has 11 nitrogen and oxygen atoms in total. The zero-order valence-electron chi connectivity index (χ0n) is 22.7. The Kier molecular flexibility index (Phi) is 4.04. The molecule has 5 heterocycles. The van der Waals surface area contributed by atoms with Crippen molar-refractivity contribution in [2.75, 3.05) is 4.57 Å². The van der Waals surface area contributed by atoms with E-state index in [9.17, 15) is 4.79 Å². The molecule has 0 bridgehead atoms. The van der Waals surface area contributed by atoms with Gasteiger partial charge >= 0.3 is 243 Å². The number of nitrogens with zero attached hydrogens (tertiary/aromatic N) is 5. The van der Waals surface area contributed by atoms with Gasteiger partial charge in [0.05, 0.1) is 0 Å². The van der Waals surface area contributed by atoms with E-state index >= 15 is 4.79 Å². The number of carbonyl (C=O) groups is 1. The van der Waals surface area contributed by atoms with Crippen LogP contribution in [0.5, 0.6) is 11.8 Å². The standard InChI is InChI=1S/C31H23N5O6Si/c1-32-19-20-33(21-32)43(22-11-3-2-4-12-22,36-24-14-6-9-17-27(24)39-30(36)38)35(25-15-7-10-18-28(25)41-43)29(37)34-23-13-5-8-16-26(23)40-31(34)42-43/h2-21H,1H3. The molecule has 2 aliphatic rings. The van der Waals surface area contributed by atoms with Crippen molar-refractivity contribution in [2.45, 2.75) is 0 Å². The Bertz CT molecular complexity index is 2390. The topological polar surface area (TPSA) is 99.7 Å². The molecule has 0 atom stereocenters. The quantitative estimate of drug-likeness (QED) is 0.232. The first-order valence-electron chi connectivity index (χ1n) is 13.7. The number of oxazole rings is 2. The van der Waals surface area contributed by atoms with E-state index in [4.69, 9.17) is 17.7 Å². The molecule has 1 amide bonds. The van der Waals surface area contributed by atoms with Crippen LogP contribution in [0.4, 0.5) is 10.5 Å². The van der Waals surface area contributed by atoms with E-state index in [-0.39, 0.29) is 6.08 Å². The van der Waals surface area contributed by atoms with E-state index in [1.54, 1.807) is 76.1 Å². The second kappa shape index (κ2) is 7.30. The van der Waals surface area contributed by atoms with Crippen LogP contribution in [0.1, 0.15) is 0 Å². The minimum absolute atomic E-state index is 0.142. The summed E-state index contributed by atoms with van der Waals surface area (Å²) in [5.41, 5.74) is 2.00. The predicted octanol–water partition coefficient (Wildman–Crippen LogP) is 3.36. The average molecular weight is 590 g/mol. The summed E-state index contributed by atoms with van der Waals surface area (Å²) >= 11 is 0. The van der Waals surface area contributed by atoms with Crippen molar-refractivity contribution in [3.8, 4) is 11.8 Å². The van der Waals surface area contributed by atoms with Crippen molar-refractivity contribution in [3.63, 3.8) is 0 Å². The maximum absolute atomic E-state index is 15.4. The normalized spacial score (nSPS) is 18.8. The van der Waals surface area contributed by atoms with E-state index in [1.807, 2.05) is 61.6 Å². The summed E-state index contributed by atoms with van der Waals surface area (Å²) in [6.07, 6.45) is 5.15. The molecule has 0 radical (unpaired) electrons. The van der Waals surface area contributed by atoms with E-state index in [0.717, 1.165) is 0 Å². The number of carbonyl (C=O) groups excluding carboxylic acids is 1. The molecule has 0 unspecified atom stereocenters. The van der Waals surface area contributed by atoms with Gasteiger partial charge in [0.15, 0.2) is 0 Å². The Morgan fingerprint density at radius 3 is 2.28 bits per heavy atom. The van der Waals surface area contributed by atoms with Crippen LogP contribution in [0.2, 0.25) is 0 Å². The molecule has 4 aromatic carbocycles. The Labute approximate surface area is 242 Å². The van der Waals surface area contributed by atoms with Crippen molar-refractivity contribution >= 4 is 46.7 Å². The zero-order valence-corrected chi connectivity index (χ0v) is 23.7. The fraction of sp³-hybridized carbons (Fsp3) is 0.0323. The number of hydrogen-bond acceptors (Lipinski definition) is 6. The van der Waals surface area contributed by atoms with Crippen LogP contribution < -0.4 is 33.2 Å². The molecule has 2 aliphatic heterocycles. The van der Waals surface area contributed by atoms with Gasteiger partial charge in [-0.25, -0.2) is 0 Å². The number of rotatable bonds is 3. The van der Waals surface area contributed by atoms with Crippen LogP contribution in [0, 0.1) is 0 Å². The van der Waals surface area contributed by atoms with Crippen LogP contribution in [-0.4, -0.2) is 22.4 Å². The van der Waals surface area contributed by atoms with Gasteiger partial charge in [-0.05, 0) is 0 Å². The molecule has 43 heavy (non-hydrogen) atoms. The summed E-state index contributed by atoms with van der Waals surface area (Å²) in [5, 5.41) is 0.415. The molecule has 12 heteroatoms. The van der Waals surface area contributed by atoms with Crippen molar-refractivity contribution in [1.29, 1.82) is 0 Å². The van der Waals surface area contributed by atoms with E-state index < -0.39 is 19.4 Å². The third kappa shape index (κ3) is 2.34. The van der Waals surface area contributed by atoms with E-state index in [0.29, 0.717) is 38.8 Å². The number of amides is 1. The molecule has 3 aromatic heterocycles. The van der Waals surface area contributed by atoms with Crippen molar-refractivity contribution in [1.82, 2.24) is 8.80 Å². The third-order valence-corrected chi connectivity index (χ3v) is 16.0. The fourth-order valence-electron chi connectivity index (χ4n) is 7.21. The number of imidazole rings is 1. The van der Waals surface area contributed by atoms with Gasteiger partial charge in [0.2, 0.25) is 0 Å². The summed E-state index contributed by atoms with van der Waals surface area (Å²) in [6, 6.07) is 29.9. The SMILES string of the molecule is Cn1cc[n+]([Si-2]23(c4ccccc4)(n4c(=O)oc5ccccc54)Oc4ccccc4N2C(=O)[n+]2c(oc4ccccc42)O3)c1. The van der Waals surface area contributed by atoms with Gasteiger partial charge in [-0.2, -0.15) is 0 Å². The fourth-order valence-corrected chi connectivity index (χ4v) is 14.9. The van der Waals surface area contributed by atoms with Crippen LogP contribution in [-0.2, 0) is 7.05 Å². The summed E-state index contributed by atoms with van der Waals surface area (Å²) in [5.74, 6) is -0.436. The number of benzene rings is 4. The van der Waals surface area contributed by atoms with Crippen LogP contribution in [0.15, 0.2) is 135 Å². The second-order valence-corrected chi connectivity index (χ2v) is 16.3. The van der Waals surface area contributed by atoms with Crippen LogP contribution in [0.3, 0.4) is 0 Å². The number of anilines is 1. The zero-order chi connectivity index (χ0) is 29.0. The molecule has 0 saturated heterocycles. The Morgan fingerprint density at radius 2 is 1.47 bits per heavy atom. The Morgan fingerprint density at radius 1 is 0.744 bits per heavy atom. The molecule has 0 fully saturated rings. The number of aromatic nitrogens is 4. The first-order valence-corrected chi connectivity index (χ1v) is 16.4. The Hall–Kier alpha value is -5.88. The van der Waals surface area contributed by atoms with Gasteiger partial charge in [0.25, 0.3) is 0 Å². The average Bonchev–Trinajstić information content (AvgIpc) is 3.78. The molecular formula is C31H23N5O6Si. The molecular weight excluding hydrogens is 566 g/mol. The number of aryl methyl sites for hydroxylation is 1. The van der Waals surface area contributed by atoms with E-state index in [2.05, 4.69) is 0 Å². The molecule has 0 spiro atoms. The van der Waals surface area contributed by atoms with Gasteiger partial charge in [-0.15, -0.1) is 0 Å². The molecule has 7 aromatic rings. The van der Waals surface area contributed by atoms with Crippen molar-refractivity contribution in [3.05, 3.63) is 132 Å². The number of fused-ring (bicyclic) bond motifs is 7. The molecule has 0 saturated carbocycles. The van der Waals surface area contributed by atoms with Gasteiger partial charge in [-0.1, -0.05) is 0 Å². The third-order valence-electron chi connectivity index (χ3n) is 8.84. The number of hydrogen-bond donors (Lipinski definition) is 0. The number of para-hydroxylation sites is 6. The monoisotopic (exact) mass is 589 g/mol. The van der Waals surface area contributed by atoms with Crippen molar-refractivity contribution in [2.24, 2.45) is 7.05 Å². The summed E-state index contributed by atoms with van der Waals surface area (Å²) in [6.45, 7) is 0. The summed E-state index contributed by atoms with van der Waals surface area (Å²) in [7, 11) is -4.85. The second-order valence-electron chi connectivity index (χ2n) is 11.0. The molecule has 9 rings (SSSR count). The summed E-state index contributed by atoms with van der Waals surface area (Å²) in [4.78, 5) is 29.9. The minimum atomic E-state index is -6.69. The predicted molar refractivity (Wildman–Crippen MR) is 156 cm³/mol. The van der Waals surface area contributed by atoms with Gasteiger partial charge < -0.3 is 0 Å². The summed E-state index contributed by atoms with van der Waals surface area (Å²) < 4.78 is 35.0.